The number of hydrogen-bond acceptors (Lipinski definition) is 4. The Balaban J connectivity index is 1.69. The van der Waals surface area contributed by atoms with Crippen LogP contribution in [0.5, 0.6) is 5.75 Å². The van der Waals surface area contributed by atoms with Crippen LogP contribution in [0.25, 0.3) is 0 Å². The fourth-order valence-corrected chi connectivity index (χ4v) is 3.55. The fourth-order valence-electron chi connectivity index (χ4n) is 2.78. The largest absolute Gasteiger partial charge is 0.487 e. The number of amidine groups is 1. The second-order valence-electron chi connectivity index (χ2n) is 5.74. The van der Waals surface area contributed by atoms with Gasteiger partial charge in [-0.2, -0.15) is 0 Å². The van der Waals surface area contributed by atoms with Crippen molar-refractivity contribution in [2.45, 2.75) is 12.8 Å². The maximum absolute atomic E-state index is 13.6. The summed E-state index contributed by atoms with van der Waals surface area (Å²) < 4.78 is 44.7. The van der Waals surface area contributed by atoms with Gasteiger partial charge in [0.15, 0.2) is 0 Å². The van der Waals surface area contributed by atoms with E-state index in [1.54, 1.807) is 7.05 Å². The lowest BCUT2D eigenvalue weighted by Crippen LogP contribution is -2.42. The number of nitrogens with one attached hydrogen (secondary N) is 1. The van der Waals surface area contributed by atoms with E-state index < -0.39 is 18.8 Å². The predicted molar refractivity (Wildman–Crippen MR) is 102 cm³/mol. The first-order chi connectivity index (χ1) is 12.5. The Bertz CT molecular complexity index is 766. The summed E-state index contributed by atoms with van der Waals surface area (Å²) in [6, 6.07) is 3.95. The van der Waals surface area contributed by atoms with Gasteiger partial charge in [0, 0.05) is 23.4 Å². The number of hydrazine groups is 1. The molecule has 0 amide bonds. The number of rotatable bonds is 6. The zero-order chi connectivity index (χ0) is 18.7. The summed E-state index contributed by atoms with van der Waals surface area (Å²) in [5.41, 5.74) is 0.568. The third-order valence-corrected chi connectivity index (χ3v) is 4.85. The average molecular weight is 478 g/mol. The standard InChI is InChI=1S/C17H18F3IN4O/c1-22-16-5-7-25-17(23-16)13(21)9-24(25)6-4-11-8-12(18)2-3-14(11)26-10-15(19)20/h2-3,5,7-8,15H,4,6,9-10H2,1H3,(H,22,23). The lowest BCUT2D eigenvalue weighted by molar-refractivity contribution is 0.0787. The number of halogens is 4. The zero-order valence-corrected chi connectivity index (χ0v) is 16.2. The minimum Gasteiger partial charge on any atom is -0.487 e. The first-order valence-electron chi connectivity index (χ1n) is 8.02. The second kappa shape index (κ2) is 8.30. The number of hydrogen-bond donors (Lipinski definition) is 1. The Labute approximate surface area is 163 Å². The summed E-state index contributed by atoms with van der Waals surface area (Å²) >= 11 is 2.27. The minimum absolute atomic E-state index is 0.293. The summed E-state index contributed by atoms with van der Waals surface area (Å²) in [5, 5.41) is 7.31. The number of alkyl halides is 2. The van der Waals surface area contributed by atoms with Crippen LogP contribution < -0.4 is 10.1 Å². The maximum atomic E-state index is 13.6. The molecule has 9 heteroatoms. The first-order valence-corrected chi connectivity index (χ1v) is 9.10. The molecule has 5 nitrogen and oxygen atoms in total. The third kappa shape index (κ3) is 4.32. The van der Waals surface area contributed by atoms with Crippen LogP contribution >= 0.6 is 22.6 Å². The molecule has 0 aromatic heterocycles. The van der Waals surface area contributed by atoms with Crippen LogP contribution in [0.2, 0.25) is 0 Å². The lowest BCUT2D eigenvalue weighted by Gasteiger charge is -2.31. The van der Waals surface area contributed by atoms with E-state index in [-0.39, 0.29) is 0 Å². The second-order valence-corrected chi connectivity index (χ2v) is 7.04. The van der Waals surface area contributed by atoms with Crippen molar-refractivity contribution in [1.29, 1.82) is 0 Å². The summed E-state index contributed by atoms with van der Waals surface area (Å²) in [4.78, 5) is 4.13. The van der Waals surface area contributed by atoms with Crippen LogP contribution in [0.4, 0.5) is 13.2 Å². The van der Waals surface area contributed by atoms with Crippen LogP contribution in [0.1, 0.15) is 5.56 Å². The molecule has 1 aromatic carbocycles. The minimum atomic E-state index is -2.57. The highest BCUT2D eigenvalue weighted by Gasteiger charge is 2.30. The molecule has 0 unspecified atom stereocenters. The topological polar surface area (TPSA) is 40.1 Å². The van der Waals surface area contributed by atoms with Gasteiger partial charge in [-0.05, 0) is 58.9 Å². The SMILES string of the molecule is CN=C1C=CN2C(=C(I)CN2CCc2cc(F)ccc2OCC(F)F)N1. The molecule has 0 atom stereocenters. The fraction of sp³-hybridized carbons (Fsp3) is 0.353. The highest BCUT2D eigenvalue weighted by Crippen LogP contribution is 2.29. The van der Waals surface area contributed by atoms with Crippen molar-refractivity contribution < 1.29 is 17.9 Å². The Morgan fingerprint density at radius 2 is 2.19 bits per heavy atom. The Morgan fingerprint density at radius 3 is 2.92 bits per heavy atom. The van der Waals surface area contributed by atoms with Gasteiger partial charge >= 0.3 is 0 Å². The molecule has 1 aromatic rings. The molecule has 0 fully saturated rings. The smallest absolute Gasteiger partial charge is 0.272 e. The van der Waals surface area contributed by atoms with Gasteiger partial charge in [-0.15, -0.1) is 0 Å². The van der Waals surface area contributed by atoms with Crippen molar-refractivity contribution in [3.8, 4) is 5.75 Å². The predicted octanol–water partition coefficient (Wildman–Crippen LogP) is 3.29. The van der Waals surface area contributed by atoms with Crippen molar-refractivity contribution in [2.24, 2.45) is 4.99 Å². The van der Waals surface area contributed by atoms with Gasteiger partial charge in [0.2, 0.25) is 0 Å². The quantitative estimate of drug-likeness (QED) is 0.638. The Kier molecular flexibility index (Phi) is 6.07. The van der Waals surface area contributed by atoms with Gasteiger partial charge in [-0.3, -0.25) is 10.0 Å². The molecule has 140 valence electrons. The molecular formula is C17H18F3IN4O. The van der Waals surface area contributed by atoms with Crippen LogP contribution in [-0.4, -0.2) is 49.0 Å². The average Bonchev–Trinajstić information content (AvgIpc) is 2.94. The molecule has 0 aliphatic carbocycles. The summed E-state index contributed by atoms with van der Waals surface area (Å²) in [7, 11) is 1.72. The van der Waals surface area contributed by atoms with Crippen LogP contribution in [0.15, 0.2) is 44.9 Å². The number of benzene rings is 1. The Morgan fingerprint density at radius 1 is 1.38 bits per heavy atom. The molecule has 2 heterocycles. The van der Waals surface area contributed by atoms with E-state index in [1.807, 2.05) is 17.3 Å². The molecular weight excluding hydrogens is 460 g/mol. The van der Waals surface area contributed by atoms with Gasteiger partial charge in [-0.1, -0.05) is 0 Å². The van der Waals surface area contributed by atoms with Crippen LogP contribution in [-0.2, 0) is 6.42 Å². The molecule has 0 spiro atoms. The molecule has 0 bridgehead atoms. The number of ether oxygens (including phenoxy) is 1. The highest BCUT2D eigenvalue weighted by atomic mass is 127. The first kappa shape index (κ1) is 19.0. The zero-order valence-electron chi connectivity index (χ0n) is 14.1. The molecule has 26 heavy (non-hydrogen) atoms. The number of fused-ring (bicyclic) bond motifs is 1. The number of nitrogens with zero attached hydrogens (tertiary/aromatic N) is 3. The monoisotopic (exact) mass is 478 g/mol. The molecule has 2 aliphatic heterocycles. The van der Waals surface area contributed by atoms with Gasteiger partial charge in [-0.25, -0.2) is 18.2 Å². The van der Waals surface area contributed by atoms with Crippen molar-refractivity contribution in [3.05, 3.63) is 51.3 Å². The van der Waals surface area contributed by atoms with Crippen LogP contribution in [0, 0.1) is 5.82 Å². The molecule has 0 radical (unpaired) electrons. The van der Waals surface area contributed by atoms with Gasteiger partial charge in [0.25, 0.3) is 6.43 Å². The summed E-state index contributed by atoms with van der Waals surface area (Å²) in [6.45, 7) is 0.575. The van der Waals surface area contributed by atoms with E-state index in [2.05, 4.69) is 37.9 Å². The number of aliphatic imine (C=N–C) groups is 1. The van der Waals surface area contributed by atoms with Gasteiger partial charge in [0.1, 0.15) is 29.8 Å². The van der Waals surface area contributed by atoms with E-state index in [4.69, 9.17) is 4.74 Å². The van der Waals surface area contributed by atoms with E-state index in [9.17, 15) is 13.2 Å². The third-order valence-electron chi connectivity index (χ3n) is 4.00. The van der Waals surface area contributed by atoms with Crippen LogP contribution in [0.3, 0.4) is 0 Å². The van der Waals surface area contributed by atoms with Crippen molar-refractivity contribution >= 4 is 28.4 Å². The summed E-state index contributed by atoms with van der Waals surface area (Å²) in [5.74, 6) is 1.60. The van der Waals surface area contributed by atoms with Crippen molar-refractivity contribution in [2.75, 3.05) is 26.7 Å². The molecule has 3 rings (SSSR count). The molecule has 0 saturated heterocycles. The molecule has 0 saturated carbocycles. The van der Waals surface area contributed by atoms with E-state index >= 15 is 0 Å². The molecule has 2 aliphatic rings. The van der Waals surface area contributed by atoms with Crippen molar-refractivity contribution in [1.82, 2.24) is 15.3 Å². The van der Waals surface area contributed by atoms with Gasteiger partial charge < -0.3 is 10.1 Å². The maximum Gasteiger partial charge on any atom is 0.272 e. The van der Waals surface area contributed by atoms with Crippen molar-refractivity contribution in [3.63, 3.8) is 0 Å². The van der Waals surface area contributed by atoms with E-state index in [0.717, 1.165) is 15.2 Å². The highest BCUT2D eigenvalue weighted by molar-refractivity contribution is 14.1. The molecule has 1 N–H and O–H groups in total. The van der Waals surface area contributed by atoms with E-state index in [0.29, 0.717) is 30.8 Å². The normalized spacial score (nSPS) is 18.7. The Hall–Kier alpha value is -1.75. The summed E-state index contributed by atoms with van der Waals surface area (Å²) in [6.07, 6.45) is 1.68. The van der Waals surface area contributed by atoms with Gasteiger partial charge in [0.05, 0.1) is 6.54 Å². The van der Waals surface area contributed by atoms with E-state index in [1.165, 1.54) is 18.2 Å². The lowest BCUT2D eigenvalue weighted by atomic mass is 10.1.